The molecule has 0 bridgehead atoms. The second-order valence-electron chi connectivity index (χ2n) is 16.3. The van der Waals surface area contributed by atoms with Crippen molar-refractivity contribution in [1.29, 1.82) is 0 Å². The highest BCUT2D eigenvalue weighted by molar-refractivity contribution is 6.05. The molecule has 0 N–H and O–H groups in total. The number of aromatic nitrogens is 6. The van der Waals surface area contributed by atoms with Crippen molar-refractivity contribution in [3.05, 3.63) is 231 Å². The van der Waals surface area contributed by atoms with Gasteiger partial charge in [0.2, 0.25) is 0 Å². The molecule has 3 heterocycles. The lowest BCUT2D eigenvalue weighted by Crippen LogP contribution is -1.98. The summed E-state index contributed by atoms with van der Waals surface area (Å²) in [5.74, 6) is 0.625. The number of para-hydroxylation sites is 4. The summed E-state index contributed by atoms with van der Waals surface area (Å²) in [7, 11) is 0. The minimum atomic E-state index is 0.625. The molecule has 0 aliphatic carbocycles. The van der Waals surface area contributed by atoms with Gasteiger partial charge < -0.3 is 0 Å². The molecule has 0 atom stereocenters. The van der Waals surface area contributed by atoms with Gasteiger partial charge >= 0.3 is 0 Å². The Morgan fingerprint density at radius 1 is 0.258 bits per heavy atom. The second-order valence-corrected chi connectivity index (χ2v) is 16.3. The summed E-state index contributed by atoms with van der Waals surface area (Å²) < 4.78 is 0. The summed E-state index contributed by atoms with van der Waals surface area (Å²) in [6.07, 6.45) is 3.67. The Hall–Kier alpha value is -9.00. The zero-order chi connectivity index (χ0) is 43.8. The number of hydrogen-bond donors (Lipinski definition) is 0. The summed E-state index contributed by atoms with van der Waals surface area (Å²) in [5, 5.41) is 0.951. The first-order chi connectivity index (χ1) is 32.7. The monoisotopic (exact) mass is 842 g/mol. The van der Waals surface area contributed by atoms with Crippen LogP contribution < -0.4 is 0 Å². The summed E-state index contributed by atoms with van der Waals surface area (Å²) in [5.41, 5.74) is 19.5. The molecule has 0 saturated heterocycles. The standard InChI is InChI=1S/C60H38N6/c1-3-11-39(12-4-1)41-19-21-43(22-20-41)49-35-50(44-25-23-42(24-26-44)40-13-5-2-6-14-40)59-51(36-49)58(47-31-27-45(28-32-47)56-37-61-52-15-7-9-17-54(52)63-56)65-60(66-59)48-33-29-46(30-34-48)57-38-62-53-16-8-10-18-55(53)64-57/h1-38H. The number of hydrogen-bond acceptors (Lipinski definition) is 6. The summed E-state index contributed by atoms with van der Waals surface area (Å²) >= 11 is 0. The number of nitrogens with zero attached hydrogens (tertiary/aromatic N) is 6. The molecule has 0 unspecified atom stereocenters. The fraction of sp³-hybridized carbons (Fsp3) is 0. The van der Waals surface area contributed by atoms with Crippen LogP contribution in [0, 0.1) is 0 Å². The molecule has 0 fully saturated rings. The first-order valence-corrected chi connectivity index (χ1v) is 22.0. The molecule has 9 aromatic carbocycles. The van der Waals surface area contributed by atoms with E-state index in [2.05, 4.69) is 163 Å². The van der Waals surface area contributed by atoms with Gasteiger partial charge in [-0.2, -0.15) is 0 Å². The van der Waals surface area contributed by atoms with Crippen molar-refractivity contribution in [2.45, 2.75) is 0 Å². The largest absolute Gasteiger partial charge is 0.252 e. The molecule has 12 rings (SSSR count). The molecule has 12 aromatic rings. The first kappa shape index (κ1) is 38.7. The minimum Gasteiger partial charge on any atom is -0.252 e. The van der Waals surface area contributed by atoms with Crippen molar-refractivity contribution in [1.82, 2.24) is 29.9 Å². The van der Waals surface area contributed by atoms with Gasteiger partial charge in [-0.1, -0.05) is 182 Å². The molecular formula is C60H38N6. The SMILES string of the molecule is c1ccc(-c2ccc(-c3cc(-c4ccc(-c5ccccc5)cc4)c4nc(-c5ccc(-c6cnc7ccccc7n6)cc5)nc(-c5ccc(-c6cnc7ccccc7n6)cc5)c4c3)cc2)cc1. The zero-order valence-corrected chi connectivity index (χ0v) is 35.6. The lowest BCUT2D eigenvalue weighted by Gasteiger charge is -2.16. The van der Waals surface area contributed by atoms with Crippen molar-refractivity contribution in [3.8, 4) is 89.7 Å². The Kier molecular flexibility index (Phi) is 9.73. The highest BCUT2D eigenvalue weighted by Crippen LogP contribution is 2.40. The minimum absolute atomic E-state index is 0.625. The third kappa shape index (κ3) is 7.42. The van der Waals surface area contributed by atoms with Crippen LogP contribution in [0.5, 0.6) is 0 Å². The second kappa shape index (κ2) is 16.6. The molecule has 0 saturated carbocycles. The number of rotatable bonds is 8. The molecule has 0 amide bonds. The van der Waals surface area contributed by atoms with E-state index in [1.54, 1.807) is 0 Å². The van der Waals surface area contributed by atoms with E-state index in [1.165, 1.54) is 16.7 Å². The third-order valence-electron chi connectivity index (χ3n) is 12.2. The van der Waals surface area contributed by atoms with Gasteiger partial charge in [0, 0.05) is 33.2 Å². The molecule has 3 aromatic heterocycles. The maximum Gasteiger partial charge on any atom is 0.160 e. The maximum absolute atomic E-state index is 5.46. The average Bonchev–Trinajstić information content (AvgIpc) is 3.40. The van der Waals surface area contributed by atoms with Crippen LogP contribution in [0.15, 0.2) is 231 Å². The third-order valence-corrected chi connectivity index (χ3v) is 12.2. The molecule has 308 valence electrons. The van der Waals surface area contributed by atoms with Crippen molar-refractivity contribution in [2.75, 3.05) is 0 Å². The predicted octanol–water partition coefficient (Wildman–Crippen LogP) is 14.9. The van der Waals surface area contributed by atoms with E-state index in [0.717, 1.165) is 100 Å². The van der Waals surface area contributed by atoms with Gasteiger partial charge in [0.1, 0.15) is 0 Å². The number of benzene rings is 9. The average molecular weight is 843 g/mol. The Bertz CT molecular complexity index is 3710. The van der Waals surface area contributed by atoms with Gasteiger partial charge in [-0.3, -0.25) is 9.97 Å². The highest BCUT2D eigenvalue weighted by Gasteiger charge is 2.19. The molecule has 6 nitrogen and oxygen atoms in total. The molecule has 0 aliphatic heterocycles. The summed E-state index contributed by atoms with van der Waals surface area (Å²) in [4.78, 5) is 30.1. The Labute approximate surface area is 381 Å². The van der Waals surface area contributed by atoms with E-state index in [1.807, 2.05) is 73.1 Å². The first-order valence-electron chi connectivity index (χ1n) is 22.0. The van der Waals surface area contributed by atoms with Gasteiger partial charge in [0.25, 0.3) is 0 Å². The van der Waals surface area contributed by atoms with Crippen LogP contribution in [0.1, 0.15) is 0 Å². The summed E-state index contributed by atoms with van der Waals surface area (Å²) in [6.45, 7) is 0. The van der Waals surface area contributed by atoms with Gasteiger partial charge in [-0.15, -0.1) is 0 Å². The van der Waals surface area contributed by atoms with Crippen LogP contribution in [0.25, 0.3) is 123 Å². The molecule has 0 aliphatic rings. The fourth-order valence-corrected chi connectivity index (χ4v) is 8.71. The van der Waals surface area contributed by atoms with E-state index in [4.69, 9.17) is 24.9 Å². The van der Waals surface area contributed by atoms with Crippen molar-refractivity contribution in [2.24, 2.45) is 0 Å². The quantitative estimate of drug-likeness (QED) is 0.152. The Balaban J connectivity index is 1.04. The van der Waals surface area contributed by atoms with Crippen LogP contribution >= 0.6 is 0 Å². The molecular weight excluding hydrogens is 805 g/mol. The van der Waals surface area contributed by atoms with Gasteiger partial charge in [-0.25, -0.2) is 19.9 Å². The Morgan fingerprint density at radius 3 is 1.17 bits per heavy atom. The van der Waals surface area contributed by atoms with Crippen LogP contribution in [0.2, 0.25) is 0 Å². The van der Waals surface area contributed by atoms with E-state index >= 15 is 0 Å². The van der Waals surface area contributed by atoms with Crippen LogP contribution in [-0.2, 0) is 0 Å². The predicted molar refractivity (Wildman–Crippen MR) is 269 cm³/mol. The van der Waals surface area contributed by atoms with Gasteiger partial charge in [0.15, 0.2) is 5.82 Å². The van der Waals surface area contributed by atoms with E-state index in [-0.39, 0.29) is 0 Å². The molecule has 0 spiro atoms. The molecule has 0 radical (unpaired) electrons. The highest BCUT2D eigenvalue weighted by atomic mass is 14.9. The lowest BCUT2D eigenvalue weighted by molar-refractivity contribution is 1.23. The van der Waals surface area contributed by atoms with Crippen molar-refractivity contribution >= 4 is 33.0 Å². The van der Waals surface area contributed by atoms with E-state index in [9.17, 15) is 0 Å². The number of fused-ring (bicyclic) bond motifs is 3. The van der Waals surface area contributed by atoms with Crippen LogP contribution in [0.3, 0.4) is 0 Å². The molecule has 6 heteroatoms. The topological polar surface area (TPSA) is 77.3 Å². The van der Waals surface area contributed by atoms with E-state index in [0.29, 0.717) is 5.82 Å². The fourth-order valence-electron chi connectivity index (χ4n) is 8.71. The van der Waals surface area contributed by atoms with Gasteiger partial charge in [0.05, 0.1) is 57.1 Å². The van der Waals surface area contributed by atoms with Crippen molar-refractivity contribution < 1.29 is 0 Å². The van der Waals surface area contributed by atoms with Gasteiger partial charge in [-0.05, 0) is 75.3 Å². The summed E-state index contributed by atoms with van der Waals surface area (Å²) in [6, 6.07) is 75.8. The zero-order valence-electron chi connectivity index (χ0n) is 35.6. The smallest absolute Gasteiger partial charge is 0.160 e. The van der Waals surface area contributed by atoms with Crippen molar-refractivity contribution in [3.63, 3.8) is 0 Å². The van der Waals surface area contributed by atoms with Crippen LogP contribution in [-0.4, -0.2) is 29.9 Å². The van der Waals surface area contributed by atoms with Crippen LogP contribution in [0.4, 0.5) is 0 Å². The van der Waals surface area contributed by atoms with E-state index < -0.39 is 0 Å². The maximum atomic E-state index is 5.46. The normalized spacial score (nSPS) is 11.3. The Morgan fingerprint density at radius 2 is 0.652 bits per heavy atom. The lowest BCUT2D eigenvalue weighted by atomic mass is 9.92. The molecule has 66 heavy (non-hydrogen) atoms.